The molecule has 0 aromatic carbocycles. The van der Waals surface area contributed by atoms with Crippen molar-refractivity contribution in [3.05, 3.63) is 22.1 Å². The highest BCUT2D eigenvalue weighted by Gasteiger charge is 2.20. The van der Waals surface area contributed by atoms with Crippen LogP contribution in [0.25, 0.3) is 4.96 Å². The average Bonchev–Trinajstić information content (AvgIpc) is 3.20. The molecule has 23 heavy (non-hydrogen) atoms. The van der Waals surface area contributed by atoms with Crippen LogP contribution in [-0.2, 0) is 4.74 Å². The summed E-state index contributed by atoms with van der Waals surface area (Å²) in [7, 11) is 1.60. The van der Waals surface area contributed by atoms with E-state index in [1.54, 1.807) is 7.11 Å². The summed E-state index contributed by atoms with van der Waals surface area (Å²) in [5.74, 6) is -0.427. The first-order chi connectivity index (χ1) is 11.2. The molecule has 0 unspecified atom stereocenters. The number of hydrogen-bond acceptors (Lipinski definition) is 7. The number of methoxy groups -OCH3 is 1. The maximum absolute atomic E-state index is 12.5. The van der Waals surface area contributed by atoms with Gasteiger partial charge in [-0.2, -0.15) is 4.52 Å². The lowest BCUT2D eigenvalue weighted by molar-refractivity contribution is 0.0946. The molecule has 124 valence electrons. The SMILES string of the molecule is COCCCNC(=O)c1cnc2sc(N3CCCC3)nn2c1=O. The Kier molecular flexibility index (Phi) is 4.87. The number of anilines is 1. The van der Waals surface area contributed by atoms with Crippen LogP contribution in [0.5, 0.6) is 0 Å². The van der Waals surface area contributed by atoms with Crippen LogP contribution in [0, 0.1) is 0 Å². The molecule has 2 aromatic rings. The van der Waals surface area contributed by atoms with Gasteiger partial charge in [0.2, 0.25) is 10.1 Å². The summed E-state index contributed by atoms with van der Waals surface area (Å²) in [6, 6.07) is 0. The number of aromatic nitrogens is 3. The minimum absolute atomic E-state index is 0.0122. The fourth-order valence-electron chi connectivity index (χ4n) is 2.48. The summed E-state index contributed by atoms with van der Waals surface area (Å²) in [6.45, 7) is 2.90. The third-order valence-corrected chi connectivity index (χ3v) is 4.69. The quantitative estimate of drug-likeness (QED) is 0.773. The Labute approximate surface area is 137 Å². The number of nitrogens with one attached hydrogen (secondary N) is 1. The summed E-state index contributed by atoms with van der Waals surface area (Å²) in [5, 5.41) is 7.81. The zero-order valence-electron chi connectivity index (χ0n) is 12.9. The van der Waals surface area contributed by atoms with Gasteiger partial charge in [-0.3, -0.25) is 9.59 Å². The average molecular weight is 337 g/mol. The van der Waals surface area contributed by atoms with Gasteiger partial charge in [0.05, 0.1) is 0 Å². The lowest BCUT2D eigenvalue weighted by Crippen LogP contribution is -2.32. The molecule has 3 heterocycles. The van der Waals surface area contributed by atoms with Crippen LogP contribution in [-0.4, -0.2) is 53.9 Å². The zero-order chi connectivity index (χ0) is 16.2. The Morgan fingerprint density at radius 2 is 2.22 bits per heavy atom. The molecule has 1 N–H and O–H groups in total. The van der Waals surface area contributed by atoms with E-state index in [0.29, 0.717) is 24.5 Å². The molecule has 2 aromatic heterocycles. The Hall–Kier alpha value is -2.00. The first-order valence-corrected chi connectivity index (χ1v) is 8.43. The third kappa shape index (κ3) is 3.35. The van der Waals surface area contributed by atoms with Gasteiger partial charge in [0.25, 0.3) is 11.5 Å². The monoisotopic (exact) mass is 337 g/mol. The maximum Gasteiger partial charge on any atom is 0.288 e. The van der Waals surface area contributed by atoms with Crippen LogP contribution in [0.1, 0.15) is 29.6 Å². The molecule has 1 saturated heterocycles. The van der Waals surface area contributed by atoms with Crippen LogP contribution >= 0.6 is 11.3 Å². The topological polar surface area (TPSA) is 88.8 Å². The van der Waals surface area contributed by atoms with Crippen LogP contribution in [0.15, 0.2) is 11.0 Å². The number of hydrogen-bond donors (Lipinski definition) is 1. The molecule has 1 aliphatic heterocycles. The van der Waals surface area contributed by atoms with Crippen LogP contribution < -0.4 is 15.8 Å². The minimum Gasteiger partial charge on any atom is -0.385 e. The lowest BCUT2D eigenvalue weighted by atomic mass is 10.3. The van der Waals surface area contributed by atoms with Crippen molar-refractivity contribution in [3.8, 4) is 0 Å². The molecule has 0 saturated carbocycles. The lowest BCUT2D eigenvalue weighted by Gasteiger charge is -2.10. The van der Waals surface area contributed by atoms with Gasteiger partial charge in [0.15, 0.2) is 0 Å². The second kappa shape index (κ2) is 7.05. The van der Waals surface area contributed by atoms with Crippen LogP contribution in [0.3, 0.4) is 0 Å². The van der Waals surface area contributed by atoms with E-state index in [2.05, 4.69) is 20.3 Å². The van der Waals surface area contributed by atoms with Gasteiger partial charge in [-0.25, -0.2) is 4.98 Å². The number of nitrogens with zero attached hydrogens (tertiary/aromatic N) is 4. The normalized spacial score (nSPS) is 14.6. The van der Waals surface area contributed by atoms with Gasteiger partial charge < -0.3 is 15.0 Å². The second-order valence-corrected chi connectivity index (χ2v) is 6.29. The summed E-state index contributed by atoms with van der Waals surface area (Å²) < 4.78 is 6.14. The number of rotatable bonds is 6. The van der Waals surface area contributed by atoms with E-state index in [1.165, 1.54) is 22.0 Å². The van der Waals surface area contributed by atoms with E-state index in [1.807, 2.05) is 0 Å². The molecule has 0 atom stereocenters. The fraction of sp³-hybridized carbons (Fsp3) is 0.571. The Bertz CT molecular complexity index is 750. The molecule has 1 amide bonds. The van der Waals surface area contributed by atoms with Gasteiger partial charge in [-0.15, -0.1) is 5.10 Å². The van der Waals surface area contributed by atoms with E-state index in [0.717, 1.165) is 31.1 Å². The number of ether oxygens (including phenoxy) is 1. The molecule has 8 nitrogen and oxygen atoms in total. The Morgan fingerprint density at radius 3 is 2.96 bits per heavy atom. The van der Waals surface area contributed by atoms with Gasteiger partial charge in [-0.1, -0.05) is 11.3 Å². The summed E-state index contributed by atoms with van der Waals surface area (Å²) in [5.41, 5.74) is -0.417. The molecule has 0 bridgehead atoms. The number of carbonyl (C=O) groups is 1. The largest absolute Gasteiger partial charge is 0.385 e. The van der Waals surface area contributed by atoms with E-state index in [9.17, 15) is 9.59 Å². The number of carbonyl (C=O) groups excluding carboxylic acids is 1. The summed E-state index contributed by atoms with van der Waals surface area (Å²) >= 11 is 1.37. The van der Waals surface area contributed by atoms with Crippen molar-refractivity contribution < 1.29 is 9.53 Å². The molecule has 1 aliphatic rings. The molecule has 0 spiro atoms. The van der Waals surface area contributed by atoms with Crippen molar-refractivity contribution in [1.82, 2.24) is 19.9 Å². The molecule has 3 rings (SSSR count). The highest BCUT2D eigenvalue weighted by atomic mass is 32.1. The maximum atomic E-state index is 12.5. The van der Waals surface area contributed by atoms with Gasteiger partial charge in [0.1, 0.15) is 5.56 Å². The molecule has 0 radical (unpaired) electrons. The highest BCUT2D eigenvalue weighted by Crippen LogP contribution is 2.24. The first kappa shape index (κ1) is 15.9. The van der Waals surface area contributed by atoms with Crippen molar-refractivity contribution in [2.45, 2.75) is 19.3 Å². The van der Waals surface area contributed by atoms with E-state index in [4.69, 9.17) is 4.74 Å². The molecule has 1 fully saturated rings. The van der Waals surface area contributed by atoms with Gasteiger partial charge in [-0.05, 0) is 19.3 Å². The second-order valence-electron chi connectivity index (χ2n) is 5.35. The van der Waals surface area contributed by atoms with E-state index < -0.39 is 11.5 Å². The minimum atomic E-state index is -0.430. The van der Waals surface area contributed by atoms with Crippen molar-refractivity contribution in [2.75, 3.05) is 38.3 Å². The third-order valence-electron chi connectivity index (χ3n) is 3.71. The van der Waals surface area contributed by atoms with Crippen LogP contribution in [0.4, 0.5) is 5.13 Å². The fourth-order valence-corrected chi connectivity index (χ4v) is 3.39. The predicted molar refractivity (Wildman–Crippen MR) is 87.4 cm³/mol. The smallest absolute Gasteiger partial charge is 0.288 e. The highest BCUT2D eigenvalue weighted by molar-refractivity contribution is 7.20. The summed E-state index contributed by atoms with van der Waals surface area (Å²) in [6.07, 6.45) is 4.28. The van der Waals surface area contributed by atoms with Crippen molar-refractivity contribution in [1.29, 1.82) is 0 Å². The number of amides is 1. The molecular weight excluding hydrogens is 318 g/mol. The molecule has 9 heteroatoms. The standard InChI is InChI=1S/C14H19N5O3S/c1-22-8-4-5-15-11(20)10-9-16-13-19(12(10)21)17-14(23-13)18-6-2-3-7-18/h9H,2-8H2,1H3,(H,15,20). The summed E-state index contributed by atoms with van der Waals surface area (Å²) in [4.78, 5) is 31.4. The van der Waals surface area contributed by atoms with Crippen LogP contribution in [0.2, 0.25) is 0 Å². The number of fused-ring (bicyclic) bond motifs is 1. The molecule has 0 aliphatic carbocycles. The zero-order valence-corrected chi connectivity index (χ0v) is 13.8. The van der Waals surface area contributed by atoms with Gasteiger partial charge in [0, 0.05) is 39.5 Å². The van der Waals surface area contributed by atoms with E-state index >= 15 is 0 Å². The Morgan fingerprint density at radius 1 is 1.43 bits per heavy atom. The van der Waals surface area contributed by atoms with Crippen molar-refractivity contribution in [3.63, 3.8) is 0 Å². The Balaban J connectivity index is 1.80. The van der Waals surface area contributed by atoms with Gasteiger partial charge >= 0.3 is 0 Å². The van der Waals surface area contributed by atoms with E-state index in [-0.39, 0.29) is 5.56 Å². The predicted octanol–water partition coefficient (Wildman–Crippen LogP) is 0.517. The van der Waals surface area contributed by atoms with Crippen molar-refractivity contribution >= 4 is 27.3 Å². The first-order valence-electron chi connectivity index (χ1n) is 7.61. The molecular formula is C14H19N5O3S. The van der Waals surface area contributed by atoms with Crippen molar-refractivity contribution in [2.24, 2.45) is 0 Å².